The molecule has 0 aromatic carbocycles. The summed E-state index contributed by atoms with van der Waals surface area (Å²) in [5.74, 6) is -0.168. The minimum Gasteiger partial charge on any atom is -0.396 e. The summed E-state index contributed by atoms with van der Waals surface area (Å²) in [6, 6.07) is 0. The maximum absolute atomic E-state index is 9.31. The van der Waals surface area contributed by atoms with Crippen molar-refractivity contribution in [3.8, 4) is 0 Å². The second-order valence-corrected chi connectivity index (χ2v) is 3.72. The highest BCUT2D eigenvalue weighted by molar-refractivity contribution is 5.60. The van der Waals surface area contributed by atoms with Crippen LogP contribution in [0.1, 0.15) is 26.7 Å². The van der Waals surface area contributed by atoms with Crippen LogP contribution < -0.4 is 0 Å². The highest BCUT2D eigenvalue weighted by atomic mass is 16.6. The summed E-state index contributed by atoms with van der Waals surface area (Å²) in [7, 11) is 1.56. The fourth-order valence-corrected chi connectivity index (χ4v) is 1.46. The highest BCUT2D eigenvalue weighted by Crippen LogP contribution is 2.23. The molecule has 1 unspecified atom stereocenters. The van der Waals surface area contributed by atoms with E-state index in [1.165, 1.54) is 0 Å². The Labute approximate surface area is 97.1 Å². The topological polar surface area (TPSA) is 71.3 Å². The zero-order valence-electron chi connectivity index (χ0n) is 10.3. The number of hydrogen-bond donors (Lipinski definition) is 2. The lowest BCUT2D eigenvalue weighted by atomic mass is 9.89. The second-order valence-electron chi connectivity index (χ2n) is 3.72. The molecule has 0 fully saturated rings. The lowest BCUT2D eigenvalue weighted by Crippen LogP contribution is -2.38. The molecule has 0 radical (unpaired) electrons. The molecule has 5 heteroatoms. The van der Waals surface area contributed by atoms with Crippen molar-refractivity contribution in [2.75, 3.05) is 26.9 Å². The van der Waals surface area contributed by atoms with Crippen molar-refractivity contribution in [3.63, 3.8) is 0 Å². The number of aliphatic hydroxyl groups is 2. The van der Waals surface area contributed by atoms with Gasteiger partial charge in [0.25, 0.3) is 0 Å². The summed E-state index contributed by atoms with van der Waals surface area (Å²) >= 11 is 0. The Balaban J connectivity index is 4.37. The van der Waals surface area contributed by atoms with E-state index in [0.717, 1.165) is 0 Å². The molecule has 16 heavy (non-hydrogen) atoms. The van der Waals surface area contributed by atoms with E-state index in [-0.39, 0.29) is 19.1 Å². The van der Waals surface area contributed by atoms with Crippen molar-refractivity contribution in [1.29, 1.82) is 0 Å². The summed E-state index contributed by atoms with van der Waals surface area (Å²) in [5, 5.41) is 22.2. The molecule has 0 rings (SSSR count). The molecule has 0 aliphatic carbocycles. The van der Waals surface area contributed by atoms with E-state index in [1.807, 2.05) is 13.8 Å². The van der Waals surface area contributed by atoms with Crippen molar-refractivity contribution < 1.29 is 19.8 Å². The zero-order valence-corrected chi connectivity index (χ0v) is 10.3. The predicted octanol–water partition coefficient (Wildman–Crippen LogP) is 0.795. The Hall–Kier alpha value is -0.650. The van der Waals surface area contributed by atoms with Crippen molar-refractivity contribution >= 4 is 6.21 Å². The third-order valence-electron chi connectivity index (χ3n) is 2.71. The normalized spacial score (nSPS) is 17.3. The van der Waals surface area contributed by atoms with Gasteiger partial charge in [-0.25, -0.2) is 0 Å². The molecule has 0 spiro atoms. The van der Waals surface area contributed by atoms with Gasteiger partial charge in [-0.1, -0.05) is 12.1 Å². The van der Waals surface area contributed by atoms with Crippen LogP contribution >= 0.6 is 0 Å². The molecule has 96 valence electrons. The number of oxime groups is 1. The number of rotatable bonds is 9. The van der Waals surface area contributed by atoms with Gasteiger partial charge in [0.05, 0.1) is 18.8 Å². The van der Waals surface area contributed by atoms with E-state index in [1.54, 1.807) is 13.3 Å². The van der Waals surface area contributed by atoms with E-state index in [2.05, 4.69) is 5.16 Å². The molecule has 0 aromatic rings. The van der Waals surface area contributed by atoms with Crippen LogP contribution in [0.15, 0.2) is 5.16 Å². The molecular weight excluding hydrogens is 210 g/mol. The third kappa shape index (κ3) is 4.92. The van der Waals surface area contributed by atoms with Gasteiger partial charge in [-0.3, -0.25) is 0 Å². The monoisotopic (exact) mass is 233 g/mol. The third-order valence-corrected chi connectivity index (χ3v) is 2.71. The maximum atomic E-state index is 9.31. The Kier molecular flexibility index (Phi) is 8.15. The van der Waals surface area contributed by atoms with Crippen LogP contribution in [0.3, 0.4) is 0 Å². The highest BCUT2D eigenvalue weighted by Gasteiger charge is 2.29. The number of methoxy groups -OCH3 is 1. The van der Waals surface area contributed by atoms with Crippen LogP contribution in [0.5, 0.6) is 0 Å². The molecular formula is C11H23NO4. The maximum Gasteiger partial charge on any atom is 0.114 e. The average molecular weight is 233 g/mol. The van der Waals surface area contributed by atoms with Gasteiger partial charge in [-0.2, -0.15) is 0 Å². The Morgan fingerprint density at radius 2 is 2.06 bits per heavy atom. The Morgan fingerprint density at radius 3 is 2.44 bits per heavy atom. The van der Waals surface area contributed by atoms with Crippen molar-refractivity contribution in [1.82, 2.24) is 0 Å². The molecule has 0 saturated carbocycles. The van der Waals surface area contributed by atoms with Crippen molar-refractivity contribution in [2.24, 2.45) is 11.1 Å². The van der Waals surface area contributed by atoms with Crippen LogP contribution in [0.4, 0.5) is 0 Å². The fourth-order valence-electron chi connectivity index (χ4n) is 1.46. The first-order chi connectivity index (χ1) is 7.67. The van der Waals surface area contributed by atoms with Crippen molar-refractivity contribution in [2.45, 2.75) is 32.3 Å². The first kappa shape index (κ1) is 15.3. The number of nitrogens with zero attached hydrogens (tertiary/aromatic N) is 1. The van der Waals surface area contributed by atoms with Gasteiger partial charge in [0.15, 0.2) is 0 Å². The first-order valence-electron chi connectivity index (χ1n) is 5.60. The van der Waals surface area contributed by atoms with E-state index >= 15 is 0 Å². The molecule has 0 aromatic heterocycles. The van der Waals surface area contributed by atoms with Gasteiger partial charge in [0, 0.05) is 19.2 Å². The minimum absolute atomic E-state index is 0.0400. The standard InChI is InChI=1S/C11H23NO4/c1-4-11(9-14,15-3)6-10(8-13)7-12-16-5-2/h7,10,13-14H,4-6,8-9H2,1-3H3/b12-7+/t10?,11-/m1/s1. The number of ether oxygens (including phenoxy) is 1. The van der Waals surface area contributed by atoms with Crippen LogP contribution in [0.2, 0.25) is 0 Å². The molecule has 0 amide bonds. The summed E-state index contributed by atoms with van der Waals surface area (Å²) in [5.41, 5.74) is -0.606. The van der Waals surface area contributed by atoms with Gasteiger partial charge in [-0.15, -0.1) is 0 Å². The van der Waals surface area contributed by atoms with Gasteiger partial charge in [0.2, 0.25) is 0 Å². The average Bonchev–Trinajstić information content (AvgIpc) is 2.34. The summed E-state index contributed by atoms with van der Waals surface area (Å²) in [6.45, 7) is 4.16. The molecule has 5 nitrogen and oxygen atoms in total. The SMILES string of the molecule is CCO/N=C/C(CO)C[C@](CC)(CO)OC. The summed E-state index contributed by atoms with van der Waals surface area (Å²) < 4.78 is 5.31. The van der Waals surface area contributed by atoms with E-state index in [0.29, 0.717) is 19.4 Å². The lowest BCUT2D eigenvalue weighted by molar-refractivity contribution is -0.0681. The fraction of sp³-hybridized carbons (Fsp3) is 0.909. The Bertz CT molecular complexity index is 184. The smallest absolute Gasteiger partial charge is 0.114 e. The first-order valence-corrected chi connectivity index (χ1v) is 5.60. The number of hydrogen-bond acceptors (Lipinski definition) is 5. The molecule has 0 heterocycles. The zero-order chi connectivity index (χ0) is 12.4. The molecule has 0 aliphatic rings. The van der Waals surface area contributed by atoms with Crippen LogP contribution in [-0.2, 0) is 9.57 Å². The van der Waals surface area contributed by atoms with Crippen LogP contribution in [0, 0.1) is 5.92 Å². The minimum atomic E-state index is -0.606. The number of aliphatic hydroxyl groups excluding tert-OH is 2. The van der Waals surface area contributed by atoms with Crippen LogP contribution in [-0.4, -0.2) is 49.0 Å². The van der Waals surface area contributed by atoms with Crippen LogP contribution in [0.25, 0.3) is 0 Å². The second kappa shape index (κ2) is 8.50. The molecule has 0 aliphatic heterocycles. The molecule has 0 saturated heterocycles. The van der Waals surface area contributed by atoms with Gasteiger partial charge < -0.3 is 19.8 Å². The quantitative estimate of drug-likeness (QED) is 0.456. The van der Waals surface area contributed by atoms with Crippen molar-refractivity contribution in [3.05, 3.63) is 0 Å². The molecule has 2 N–H and O–H groups in total. The van der Waals surface area contributed by atoms with Gasteiger partial charge in [-0.05, 0) is 19.8 Å². The van der Waals surface area contributed by atoms with E-state index in [9.17, 15) is 10.2 Å². The molecule has 0 bridgehead atoms. The van der Waals surface area contributed by atoms with Gasteiger partial charge in [0.1, 0.15) is 6.61 Å². The summed E-state index contributed by atoms with van der Waals surface area (Å²) in [6.07, 6.45) is 2.76. The predicted molar refractivity (Wildman–Crippen MR) is 62.4 cm³/mol. The van der Waals surface area contributed by atoms with E-state index in [4.69, 9.17) is 9.57 Å². The summed E-state index contributed by atoms with van der Waals surface area (Å²) in [4.78, 5) is 4.84. The molecule has 2 atom stereocenters. The van der Waals surface area contributed by atoms with E-state index < -0.39 is 5.60 Å². The lowest BCUT2D eigenvalue weighted by Gasteiger charge is -2.31. The Morgan fingerprint density at radius 1 is 1.38 bits per heavy atom. The van der Waals surface area contributed by atoms with Gasteiger partial charge >= 0.3 is 0 Å². The largest absolute Gasteiger partial charge is 0.396 e.